The molecule has 200 valence electrons. The minimum Gasteiger partial charge on any atom is -0.508 e. The summed E-state index contributed by atoms with van der Waals surface area (Å²) in [5.41, 5.74) is 7.54. The Morgan fingerprint density at radius 3 is 2.03 bits per heavy atom. The number of nitrogens with one attached hydrogen (secondary N) is 3. The third-order valence-electron chi connectivity index (χ3n) is 5.62. The van der Waals surface area contributed by atoms with Gasteiger partial charge in [0.05, 0.1) is 6.04 Å². The SMILES string of the molecule is CSCCC(NC(=O)C(N)Cc1ccccc1)C(=O)NC(C)C(=O)NC(Cc1ccc(O)cc1)C(=O)O. The zero-order valence-corrected chi connectivity index (χ0v) is 21.7. The van der Waals surface area contributed by atoms with Gasteiger partial charge in [0.15, 0.2) is 0 Å². The molecule has 2 aromatic rings. The van der Waals surface area contributed by atoms with Crippen molar-refractivity contribution in [3.8, 4) is 5.75 Å². The lowest BCUT2D eigenvalue weighted by molar-refractivity contribution is -0.142. The number of carboxylic acids is 1. The summed E-state index contributed by atoms with van der Waals surface area (Å²) in [6.45, 7) is 1.43. The Kier molecular flexibility index (Phi) is 11.9. The van der Waals surface area contributed by atoms with E-state index in [4.69, 9.17) is 5.73 Å². The van der Waals surface area contributed by atoms with E-state index in [1.807, 2.05) is 36.6 Å². The number of aromatic hydroxyl groups is 1. The second-order valence-electron chi connectivity index (χ2n) is 8.64. The van der Waals surface area contributed by atoms with E-state index >= 15 is 0 Å². The first kappa shape index (κ1) is 29.7. The van der Waals surface area contributed by atoms with E-state index in [1.54, 1.807) is 12.1 Å². The van der Waals surface area contributed by atoms with Crippen LogP contribution in [0.5, 0.6) is 5.75 Å². The fourth-order valence-corrected chi connectivity index (χ4v) is 3.96. The molecule has 0 radical (unpaired) electrons. The molecule has 0 aliphatic heterocycles. The average molecular weight is 531 g/mol. The van der Waals surface area contributed by atoms with Gasteiger partial charge in [0.1, 0.15) is 23.9 Å². The maximum Gasteiger partial charge on any atom is 0.326 e. The number of phenolic OH excluding ortho intramolecular Hbond substituents is 1. The van der Waals surface area contributed by atoms with Gasteiger partial charge in [0, 0.05) is 6.42 Å². The number of rotatable bonds is 14. The lowest BCUT2D eigenvalue weighted by Crippen LogP contribution is -2.56. The van der Waals surface area contributed by atoms with E-state index < -0.39 is 47.9 Å². The van der Waals surface area contributed by atoms with Gasteiger partial charge in [-0.3, -0.25) is 14.4 Å². The van der Waals surface area contributed by atoms with Crippen LogP contribution >= 0.6 is 11.8 Å². The Hall–Kier alpha value is -3.57. The summed E-state index contributed by atoms with van der Waals surface area (Å²) in [6, 6.07) is 11.2. The molecule has 0 spiro atoms. The highest BCUT2D eigenvalue weighted by Crippen LogP contribution is 2.12. The van der Waals surface area contributed by atoms with Gasteiger partial charge in [0.25, 0.3) is 0 Å². The summed E-state index contributed by atoms with van der Waals surface area (Å²) in [7, 11) is 0. The predicted octanol–water partition coefficient (Wildman–Crippen LogP) is 0.817. The molecule has 0 fully saturated rings. The van der Waals surface area contributed by atoms with Crippen LogP contribution in [0.3, 0.4) is 0 Å². The second kappa shape index (κ2) is 14.9. The van der Waals surface area contributed by atoms with Crippen molar-refractivity contribution in [3.05, 3.63) is 65.7 Å². The quantitative estimate of drug-likeness (QED) is 0.208. The number of hydrogen-bond donors (Lipinski definition) is 6. The average Bonchev–Trinajstić information content (AvgIpc) is 2.87. The Balaban J connectivity index is 1.97. The van der Waals surface area contributed by atoms with Gasteiger partial charge in [-0.05, 0) is 55.0 Å². The van der Waals surface area contributed by atoms with Crippen molar-refractivity contribution in [3.63, 3.8) is 0 Å². The van der Waals surface area contributed by atoms with Gasteiger partial charge in [-0.1, -0.05) is 42.5 Å². The molecular formula is C26H34N4O6S. The molecule has 0 heterocycles. The third kappa shape index (κ3) is 10.1. The van der Waals surface area contributed by atoms with Gasteiger partial charge in [0.2, 0.25) is 17.7 Å². The lowest BCUT2D eigenvalue weighted by atomic mass is 10.0. The first-order valence-corrected chi connectivity index (χ1v) is 13.2. The maximum atomic E-state index is 12.9. The first-order chi connectivity index (χ1) is 17.6. The van der Waals surface area contributed by atoms with Gasteiger partial charge in [-0.2, -0.15) is 11.8 Å². The van der Waals surface area contributed by atoms with Crippen LogP contribution in [0, 0.1) is 0 Å². The molecule has 0 aromatic heterocycles. The zero-order valence-electron chi connectivity index (χ0n) is 20.8. The van der Waals surface area contributed by atoms with Crippen molar-refractivity contribution in [2.45, 2.75) is 50.4 Å². The molecule has 7 N–H and O–H groups in total. The number of hydrogen-bond acceptors (Lipinski definition) is 7. The first-order valence-electron chi connectivity index (χ1n) is 11.8. The zero-order chi connectivity index (χ0) is 27.4. The Labute approximate surface area is 220 Å². The molecule has 3 amide bonds. The standard InChI is InChI=1S/C26H34N4O6S/c1-16(23(32)30-22(26(35)36)15-18-8-10-19(31)11-9-18)28-25(34)21(12-13-37-2)29-24(33)20(27)14-17-6-4-3-5-7-17/h3-11,16,20-22,31H,12-15,27H2,1-2H3,(H,28,34)(H,29,33)(H,30,32)(H,35,36). The molecule has 4 atom stereocenters. The van der Waals surface area contributed by atoms with Gasteiger partial charge < -0.3 is 31.9 Å². The number of benzene rings is 2. The van der Waals surface area contributed by atoms with Crippen LogP contribution in [-0.2, 0) is 32.0 Å². The highest BCUT2D eigenvalue weighted by atomic mass is 32.2. The largest absolute Gasteiger partial charge is 0.508 e. The number of thioether (sulfide) groups is 1. The monoisotopic (exact) mass is 530 g/mol. The van der Waals surface area contributed by atoms with Crippen LogP contribution in [0.4, 0.5) is 0 Å². The van der Waals surface area contributed by atoms with E-state index in [2.05, 4.69) is 16.0 Å². The van der Waals surface area contributed by atoms with Crippen molar-refractivity contribution in [2.75, 3.05) is 12.0 Å². The fourth-order valence-electron chi connectivity index (χ4n) is 3.49. The van der Waals surface area contributed by atoms with Gasteiger partial charge in [-0.25, -0.2) is 4.79 Å². The second-order valence-corrected chi connectivity index (χ2v) is 9.62. The van der Waals surface area contributed by atoms with Crippen LogP contribution in [-0.4, -0.2) is 70.1 Å². The van der Waals surface area contributed by atoms with Crippen molar-refractivity contribution in [1.29, 1.82) is 0 Å². The molecule has 0 aliphatic rings. The number of aliphatic carboxylic acids is 1. The Morgan fingerprint density at radius 2 is 1.43 bits per heavy atom. The minimum absolute atomic E-state index is 0.00622. The number of nitrogens with two attached hydrogens (primary N) is 1. The molecule has 37 heavy (non-hydrogen) atoms. The molecule has 4 unspecified atom stereocenters. The minimum atomic E-state index is -1.24. The maximum absolute atomic E-state index is 12.9. The fraction of sp³-hybridized carbons (Fsp3) is 0.385. The van der Waals surface area contributed by atoms with E-state index in [0.717, 1.165) is 5.56 Å². The smallest absolute Gasteiger partial charge is 0.326 e. The van der Waals surface area contributed by atoms with E-state index in [-0.39, 0.29) is 12.2 Å². The summed E-state index contributed by atoms with van der Waals surface area (Å²) in [6.07, 6.45) is 2.49. The Morgan fingerprint density at radius 1 is 0.838 bits per heavy atom. The number of carbonyl (C=O) groups excluding carboxylic acids is 3. The normalized spacial score (nSPS) is 14.0. The molecule has 10 nitrogen and oxygen atoms in total. The molecule has 11 heteroatoms. The van der Waals surface area contributed by atoms with Crippen molar-refractivity contribution < 1.29 is 29.4 Å². The highest BCUT2D eigenvalue weighted by Gasteiger charge is 2.28. The van der Waals surface area contributed by atoms with Crippen LogP contribution < -0.4 is 21.7 Å². The Bertz CT molecular complexity index is 1050. The lowest BCUT2D eigenvalue weighted by Gasteiger charge is -2.23. The summed E-state index contributed by atoms with van der Waals surface area (Å²) in [4.78, 5) is 50.0. The molecule has 0 aliphatic carbocycles. The van der Waals surface area contributed by atoms with Crippen molar-refractivity contribution >= 4 is 35.5 Å². The number of carbonyl (C=O) groups is 4. The molecule has 2 aromatic carbocycles. The van der Waals surface area contributed by atoms with Gasteiger partial charge >= 0.3 is 5.97 Å². The molecule has 0 saturated heterocycles. The molecule has 0 bridgehead atoms. The predicted molar refractivity (Wildman–Crippen MR) is 142 cm³/mol. The van der Waals surface area contributed by atoms with Crippen molar-refractivity contribution in [2.24, 2.45) is 5.73 Å². The van der Waals surface area contributed by atoms with Crippen LogP contribution in [0.1, 0.15) is 24.5 Å². The molecule has 2 rings (SSSR count). The summed E-state index contributed by atoms with van der Waals surface area (Å²) in [5, 5.41) is 26.6. The molecular weight excluding hydrogens is 496 g/mol. The summed E-state index contributed by atoms with van der Waals surface area (Å²) >= 11 is 1.50. The summed E-state index contributed by atoms with van der Waals surface area (Å²) in [5.74, 6) is -2.35. The highest BCUT2D eigenvalue weighted by molar-refractivity contribution is 7.98. The van der Waals surface area contributed by atoms with Crippen LogP contribution in [0.15, 0.2) is 54.6 Å². The number of phenols is 1. The van der Waals surface area contributed by atoms with E-state index in [9.17, 15) is 29.4 Å². The van der Waals surface area contributed by atoms with Crippen molar-refractivity contribution in [1.82, 2.24) is 16.0 Å². The van der Waals surface area contributed by atoms with Gasteiger partial charge in [-0.15, -0.1) is 0 Å². The number of carboxylic acid groups (broad SMARTS) is 1. The molecule has 0 saturated carbocycles. The number of amides is 3. The van der Waals surface area contributed by atoms with Crippen LogP contribution in [0.2, 0.25) is 0 Å². The van der Waals surface area contributed by atoms with E-state index in [0.29, 0.717) is 24.2 Å². The third-order valence-corrected chi connectivity index (χ3v) is 6.27. The summed E-state index contributed by atoms with van der Waals surface area (Å²) < 4.78 is 0. The topological polar surface area (TPSA) is 171 Å². The van der Waals surface area contributed by atoms with Crippen LogP contribution in [0.25, 0.3) is 0 Å². The van der Waals surface area contributed by atoms with E-state index in [1.165, 1.54) is 30.8 Å².